The van der Waals surface area contributed by atoms with Gasteiger partial charge < -0.3 is 10.8 Å². The molecule has 2 atom stereocenters. The summed E-state index contributed by atoms with van der Waals surface area (Å²) in [6.07, 6.45) is 2.37. The summed E-state index contributed by atoms with van der Waals surface area (Å²) < 4.78 is 40.6. The molecule has 0 amide bonds. The van der Waals surface area contributed by atoms with Crippen LogP contribution in [0.4, 0.5) is 10.1 Å². The van der Waals surface area contributed by atoms with E-state index in [1.54, 1.807) is 0 Å². The van der Waals surface area contributed by atoms with Crippen LogP contribution < -0.4 is 10.5 Å². The Morgan fingerprint density at radius 3 is 2.80 bits per heavy atom. The highest BCUT2D eigenvalue weighted by Gasteiger charge is 2.31. The molecule has 0 saturated heterocycles. The Morgan fingerprint density at radius 2 is 2.15 bits per heavy atom. The lowest BCUT2D eigenvalue weighted by Gasteiger charge is -2.20. The minimum absolute atomic E-state index is 0.0139. The Labute approximate surface area is 118 Å². The van der Waals surface area contributed by atoms with Gasteiger partial charge in [0.1, 0.15) is 5.82 Å². The summed E-state index contributed by atoms with van der Waals surface area (Å²) in [7, 11) is -3.76. The molecule has 1 saturated carbocycles. The van der Waals surface area contributed by atoms with Gasteiger partial charge in [-0.3, -0.25) is 0 Å². The second-order valence-corrected chi connectivity index (χ2v) is 6.92. The molecular weight excluding hydrogens is 283 g/mol. The number of hydrogen-bond donors (Lipinski definition) is 3. The molecule has 2 rings (SSSR count). The highest BCUT2D eigenvalue weighted by atomic mass is 32.2. The van der Waals surface area contributed by atoms with Crippen molar-refractivity contribution in [1.82, 2.24) is 4.72 Å². The SMILES string of the molecule is Cc1cc(F)c(N)cc1S(=O)(=O)NC1CCCC1CO. The molecular formula is C13H19FN2O3S. The Hall–Kier alpha value is -1.18. The van der Waals surface area contributed by atoms with Crippen LogP contribution >= 0.6 is 0 Å². The average molecular weight is 302 g/mol. The maximum Gasteiger partial charge on any atom is 0.241 e. The molecule has 0 aliphatic heterocycles. The molecule has 1 aromatic carbocycles. The van der Waals surface area contributed by atoms with E-state index in [9.17, 15) is 17.9 Å². The third-order valence-corrected chi connectivity index (χ3v) is 5.42. The zero-order chi connectivity index (χ0) is 14.9. The Bertz CT molecular complexity index is 604. The standard InChI is InChI=1S/C13H19FN2O3S/c1-8-5-10(14)11(15)6-13(8)20(18,19)16-12-4-2-3-9(12)7-17/h5-6,9,12,16-17H,2-4,7,15H2,1H3. The minimum Gasteiger partial charge on any atom is -0.396 e. The lowest BCUT2D eigenvalue weighted by Crippen LogP contribution is -2.38. The predicted octanol–water partition coefficient (Wildman–Crippen LogP) is 1.16. The number of aliphatic hydroxyl groups excluding tert-OH is 1. The molecule has 0 spiro atoms. The number of anilines is 1. The fourth-order valence-corrected chi connectivity index (χ4v) is 4.23. The summed E-state index contributed by atoms with van der Waals surface area (Å²) in [5, 5.41) is 9.23. The van der Waals surface area contributed by atoms with Gasteiger partial charge in [0.05, 0.1) is 10.6 Å². The van der Waals surface area contributed by atoms with Crippen molar-refractivity contribution in [2.75, 3.05) is 12.3 Å². The van der Waals surface area contributed by atoms with Crippen LogP contribution in [0.5, 0.6) is 0 Å². The van der Waals surface area contributed by atoms with Gasteiger partial charge in [-0.1, -0.05) is 6.42 Å². The van der Waals surface area contributed by atoms with Crippen molar-refractivity contribution in [2.24, 2.45) is 5.92 Å². The van der Waals surface area contributed by atoms with Crippen LogP contribution in [0.3, 0.4) is 0 Å². The van der Waals surface area contributed by atoms with Gasteiger partial charge in [0.15, 0.2) is 0 Å². The number of nitrogens with one attached hydrogen (secondary N) is 1. The molecule has 0 heterocycles. The number of nitrogens with two attached hydrogens (primary N) is 1. The van der Waals surface area contributed by atoms with Gasteiger partial charge in [-0.2, -0.15) is 0 Å². The van der Waals surface area contributed by atoms with E-state index >= 15 is 0 Å². The van der Waals surface area contributed by atoms with E-state index in [0.29, 0.717) is 12.0 Å². The fourth-order valence-electron chi connectivity index (χ4n) is 2.63. The highest BCUT2D eigenvalue weighted by molar-refractivity contribution is 7.89. The predicted molar refractivity (Wildman–Crippen MR) is 74.1 cm³/mol. The molecule has 1 fully saturated rings. The average Bonchev–Trinajstić information content (AvgIpc) is 2.80. The molecule has 1 aliphatic carbocycles. The molecule has 112 valence electrons. The van der Waals surface area contributed by atoms with E-state index in [1.807, 2.05) is 0 Å². The molecule has 0 radical (unpaired) electrons. The summed E-state index contributed by atoms with van der Waals surface area (Å²) in [6.45, 7) is 1.48. The van der Waals surface area contributed by atoms with Gasteiger partial charge in [0, 0.05) is 12.6 Å². The van der Waals surface area contributed by atoms with Crippen molar-refractivity contribution in [2.45, 2.75) is 37.1 Å². The Morgan fingerprint density at radius 1 is 1.45 bits per heavy atom. The van der Waals surface area contributed by atoms with E-state index in [4.69, 9.17) is 5.73 Å². The number of aryl methyl sites for hydroxylation is 1. The maximum atomic E-state index is 13.3. The van der Waals surface area contributed by atoms with Gasteiger partial charge in [0.2, 0.25) is 10.0 Å². The first-order valence-corrected chi connectivity index (χ1v) is 8.02. The molecule has 2 unspecified atom stereocenters. The Balaban J connectivity index is 2.29. The number of benzene rings is 1. The van der Waals surface area contributed by atoms with Crippen LogP contribution in [0, 0.1) is 18.7 Å². The number of hydrogen-bond acceptors (Lipinski definition) is 4. The third-order valence-electron chi connectivity index (χ3n) is 3.78. The lowest BCUT2D eigenvalue weighted by molar-refractivity contribution is 0.213. The van der Waals surface area contributed by atoms with Gasteiger partial charge >= 0.3 is 0 Å². The first-order chi connectivity index (χ1) is 9.35. The second-order valence-electron chi connectivity index (χ2n) is 5.24. The highest BCUT2D eigenvalue weighted by Crippen LogP contribution is 2.28. The van der Waals surface area contributed by atoms with Crippen LogP contribution in [-0.4, -0.2) is 26.2 Å². The topological polar surface area (TPSA) is 92.4 Å². The molecule has 0 aromatic heterocycles. The molecule has 1 aromatic rings. The van der Waals surface area contributed by atoms with E-state index in [2.05, 4.69) is 4.72 Å². The lowest BCUT2D eigenvalue weighted by atomic mass is 10.1. The van der Waals surface area contributed by atoms with Gasteiger partial charge in [0.25, 0.3) is 0 Å². The molecule has 20 heavy (non-hydrogen) atoms. The van der Waals surface area contributed by atoms with E-state index in [1.165, 1.54) is 6.92 Å². The number of nitrogen functional groups attached to an aromatic ring is 1. The summed E-state index contributed by atoms with van der Waals surface area (Å²) in [5.41, 5.74) is 5.56. The zero-order valence-electron chi connectivity index (χ0n) is 11.3. The van der Waals surface area contributed by atoms with Crippen molar-refractivity contribution in [3.8, 4) is 0 Å². The number of halogens is 1. The van der Waals surface area contributed by atoms with E-state index in [0.717, 1.165) is 25.0 Å². The van der Waals surface area contributed by atoms with Crippen LogP contribution in [-0.2, 0) is 10.0 Å². The maximum absolute atomic E-state index is 13.3. The quantitative estimate of drug-likeness (QED) is 0.728. The van der Waals surface area contributed by atoms with Crippen molar-refractivity contribution >= 4 is 15.7 Å². The number of sulfonamides is 1. The van der Waals surface area contributed by atoms with Crippen LogP contribution in [0.15, 0.2) is 17.0 Å². The van der Waals surface area contributed by atoms with Crippen LogP contribution in [0.1, 0.15) is 24.8 Å². The largest absolute Gasteiger partial charge is 0.396 e. The molecule has 4 N–H and O–H groups in total. The van der Waals surface area contributed by atoms with Gasteiger partial charge in [-0.25, -0.2) is 17.5 Å². The van der Waals surface area contributed by atoms with Crippen LogP contribution in [0.2, 0.25) is 0 Å². The van der Waals surface area contributed by atoms with Gasteiger partial charge in [-0.15, -0.1) is 0 Å². The van der Waals surface area contributed by atoms with Crippen molar-refractivity contribution < 1.29 is 17.9 Å². The summed E-state index contributed by atoms with van der Waals surface area (Å²) in [6, 6.07) is 1.97. The first-order valence-electron chi connectivity index (χ1n) is 6.54. The van der Waals surface area contributed by atoms with E-state index < -0.39 is 15.8 Å². The summed E-state index contributed by atoms with van der Waals surface area (Å²) in [5.74, 6) is -0.696. The fraction of sp³-hybridized carbons (Fsp3) is 0.538. The minimum atomic E-state index is -3.76. The van der Waals surface area contributed by atoms with Crippen LogP contribution in [0.25, 0.3) is 0 Å². The van der Waals surface area contributed by atoms with Crippen molar-refractivity contribution in [3.63, 3.8) is 0 Å². The van der Waals surface area contributed by atoms with E-state index in [-0.39, 0.29) is 29.1 Å². The monoisotopic (exact) mass is 302 g/mol. The second kappa shape index (κ2) is 5.67. The third kappa shape index (κ3) is 2.94. The van der Waals surface area contributed by atoms with Crippen molar-refractivity contribution in [3.05, 3.63) is 23.5 Å². The Kier molecular flexibility index (Phi) is 4.31. The summed E-state index contributed by atoms with van der Waals surface area (Å²) in [4.78, 5) is -0.0139. The number of aliphatic hydroxyl groups is 1. The van der Waals surface area contributed by atoms with Crippen molar-refractivity contribution in [1.29, 1.82) is 0 Å². The molecule has 0 bridgehead atoms. The summed E-state index contributed by atoms with van der Waals surface area (Å²) >= 11 is 0. The van der Waals surface area contributed by atoms with Gasteiger partial charge in [-0.05, 0) is 43.4 Å². The molecule has 7 heteroatoms. The molecule has 5 nitrogen and oxygen atoms in total. The molecule has 1 aliphatic rings. The smallest absolute Gasteiger partial charge is 0.241 e. The normalized spacial score (nSPS) is 23.1. The number of rotatable bonds is 4. The first kappa shape index (κ1) is 15.2. The zero-order valence-corrected chi connectivity index (χ0v) is 12.1.